The Morgan fingerprint density at radius 2 is 1.53 bits per heavy atom. The van der Waals surface area contributed by atoms with Gasteiger partial charge in [0.1, 0.15) is 16.3 Å². The first-order valence-electron chi connectivity index (χ1n) is 11.0. The summed E-state index contributed by atoms with van der Waals surface area (Å²) in [5, 5.41) is 4.52. The number of esters is 2. The summed E-state index contributed by atoms with van der Waals surface area (Å²) in [5.41, 5.74) is 1.80. The van der Waals surface area contributed by atoms with Crippen LogP contribution >= 0.6 is 11.3 Å². The van der Waals surface area contributed by atoms with E-state index in [1.807, 2.05) is 6.07 Å². The molecule has 0 atom stereocenters. The van der Waals surface area contributed by atoms with Crippen molar-refractivity contribution in [2.24, 2.45) is 0 Å². The van der Waals surface area contributed by atoms with Gasteiger partial charge < -0.3 is 19.2 Å². The molecule has 4 rings (SSSR count). The van der Waals surface area contributed by atoms with Gasteiger partial charge in [-0.1, -0.05) is 42.5 Å². The minimum atomic E-state index is -0.725. The van der Waals surface area contributed by atoms with Gasteiger partial charge in [0.2, 0.25) is 0 Å². The van der Waals surface area contributed by atoms with Gasteiger partial charge in [0.15, 0.2) is 12.4 Å². The molecule has 0 aliphatic heterocycles. The second-order valence-electron chi connectivity index (χ2n) is 7.45. The predicted molar refractivity (Wildman–Crippen MR) is 133 cm³/mol. The molecular weight excluding hydrogens is 482 g/mol. The summed E-state index contributed by atoms with van der Waals surface area (Å²) < 4.78 is 15.6. The number of hydrogen-bond donors (Lipinski definition) is 1. The van der Waals surface area contributed by atoms with Gasteiger partial charge in [-0.25, -0.2) is 9.59 Å². The van der Waals surface area contributed by atoms with E-state index in [1.165, 1.54) is 30.5 Å². The van der Waals surface area contributed by atoms with Crippen molar-refractivity contribution < 1.29 is 33.1 Å². The number of carbonyl (C=O) groups is 4. The Labute approximate surface area is 210 Å². The number of furan rings is 1. The first kappa shape index (κ1) is 24.6. The number of rotatable bonds is 9. The molecule has 4 aromatic rings. The van der Waals surface area contributed by atoms with Crippen LogP contribution in [0.4, 0.5) is 5.00 Å². The van der Waals surface area contributed by atoms with Gasteiger partial charge in [-0.05, 0) is 31.2 Å². The molecule has 0 unspecified atom stereocenters. The molecule has 0 saturated carbocycles. The molecule has 0 fully saturated rings. The summed E-state index contributed by atoms with van der Waals surface area (Å²) in [5.74, 6) is -1.68. The second-order valence-corrected chi connectivity index (χ2v) is 8.33. The highest BCUT2D eigenvalue weighted by Gasteiger charge is 2.24. The zero-order valence-corrected chi connectivity index (χ0v) is 20.0. The van der Waals surface area contributed by atoms with Gasteiger partial charge >= 0.3 is 11.9 Å². The maximum Gasteiger partial charge on any atom is 0.341 e. The number of anilines is 1. The number of carbonyl (C=O) groups excluding carboxylic acids is 4. The van der Waals surface area contributed by atoms with Gasteiger partial charge in [0.05, 0.1) is 18.4 Å². The number of thiophene rings is 1. The highest BCUT2D eigenvalue weighted by Crippen LogP contribution is 2.36. The fourth-order valence-corrected chi connectivity index (χ4v) is 4.31. The normalized spacial score (nSPS) is 10.5. The van der Waals surface area contributed by atoms with Crippen molar-refractivity contribution in [3.8, 4) is 11.3 Å². The van der Waals surface area contributed by atoms with Crippen molar-refractivity contribution in [1.82, 2.24) is 0 Å². The lowest BCUT2D eigenvalue weighted by Gasteiger charge is -2.09. The van der Waals surface area contributed by atoms with Gasteiger partial charge in [0, 0.05) is 22.1 Å². The van der Waals surface area contributed by atoms with Crippen molar-refractivity contribution in [3.63, 3.8) is 0 Å². The summed E-state index contributed by atoms with van der Waals surface area (Å²) in [6.45, 7) is 1.27. The van der Waals surface area contributed by atoms with Crippen LogP contribution in [0.25, 0.3) is 11.3 Å². The number of hydrogen-bond acceptors (Lipinski definition) is 8. The Balaban J connectivity index is 1.39. The lowest BCUT2D eigenvalue weighted by atomic mass is 10.0. The standard InChI is InChI=1S/C27H21NO7S/c1-2-33-27(32)23-20(21-9-6-14-34-21)16-36-25(23)28-22(29)15-35-26(31)19-12-10-18(11-13-19)24(30)17-7-4-3-5-8-17/h3-14,16H,2,15H2,1H3,(H,28,29). The topological polar surface area (TPSA) is 112 Å². The molecule has 1 amide bonds. The van der Waals surface area contributed by atoms with Crippen LogP contribution in [-0.4, -0.2) is 36.8 Å². The molecular formula is C27H21NO7S. The molecule has 0 aliphatic carbocycles. The van der Waals surface area contributed by atoms with Crippen LogP contribution in [0.1, 0.15) is 43.6 Å². The van der Waals surface area contributed by atoms with E-state index >= 15 is 0 Å². The molecule has 0 saturated heterocycles. The molecule has 36 heavy (non-hydrogen) atoms. The van der Waals surface area contributed by atoms with Crippen LogP contribution in [-0.2, 0) is 14.3 Å². The third kappa shape index (κ3) is 5.59. The van der Waals surface area contributed by atoms with E-state index in [9.17, 15) is 19.2 Å². The van der Waals surface area contributed by atoms with E-state index in [4.69, 9.17) is 13.9 Å². The molecule has 1 N–H and O–H groups in total. The van der Waals surface area contributed by atoms with Crippen molar-refractivity contribution in [3.05, 3.63) is 101 Å². The lowest BCUT2D eigenvalue weighted by molar-refractivity contribution is -0.119. The van der Waals surface area contributed by atoms with Crippen LogP contribution in [0.15, 0.2) is 82.8 Å². The van der Waals surface area contributed by atoms with Gasteiger partial charge in [-0.3, -0.25) is 9.59 Å². The predicted octanol–water partition coefficient (Wildman–Crippen LogP) is 5.21. The van der Waals surface area contributed by atoms with Crippen molar-refractivity contribution in [2.45, 2.75) is 6.92 Å². The van der Waals surface area contributed by atoms with E-state index in [0.29, 0.717) is 22.5 Å². The number of amides is 1. The van der Waals surface area contributed by atoms with Gasteiger partial charge in [-0.15, -0.1) is 11.3 Å². The smallest absolute Gasteiger partial charge is 0.341 e. The van der Waals surface area contributed by atoms with Crippen LogP contribution in [0.2, 0.25) is 0 Å². The fraction of sp³-hybridized carbons (Fsp3) is 0.111. The average Bonchev–Trinajstić information content (AvgIpc) is 3.58. The van der Waals surface area contributed by atoms with Crippen LogP contribution in [0.3, 0.4) is 0 Å². The van der Waals surface area contributed by atoms with E-state index < -0.39 is 24.5 Å². The molecule has 8 nitrogen and oxygen atoms in total. The van der Waals surface area contributed by atoms with E-state index in [0.717, 1.165) is 11.3 Å². The Morgan fingerprint density at radius 3 is 2.19 bits per heavy atom. The average molecular weight is 504 g/mol. The number of nitrogens with one attached hydrogen (secondary N) is 1. The minimum Gasteiger partial charge on any atom is -0.464 e. The first-order chi connectivity index (χ1) is 17.5. The fourth-order valence-electron chi connectivity index (χ4n) is 3.36. The van der Waals surface area contributed by atoms with Crippen molar-refractivity contribution >= 4 is 40.0 Å². The molecule has 2 aromatic heterocycles. The monoisotopic (exact) mass is 503 g/mol. The van der Waals surface area contributed by atoms with Gasteiger partial charge in [-0.2, -0.15) is 0 Å². The number of benzene rings is 2. The van der Waals surface area contributed by atoms with Gasteiger partial charge in [0.25, 0.3) is 5.91 Å². The maximum absolute atomic E-state index is 12.5. The zero-order valence-electron chi connectivity index (χ0n) is 19.2. The highest BCUT2D eigenvalue weighted by molar-refractivity contribution is 7.15. The summed E-state index contributed by atoms with van der Waals surface area (Å²) in [6.07, 6.45) is 1.48. The van der Waals surface area contributed by atoms with Crippen LogP contribution < -0.4 is 5.32 Å². The minimum absolute atomic E-state index is 0.160. The van der Waals surface area contributed by atoms with E-state index in [1.54, 1.807) is 48.7 Å². The number of ketones is 1. The van der Waals surface area contributed by atoms with E-state index in [2.05, 4.69) is 5.32 Å². The number of ether oxygens (including phenoxy) is 2. The Hall–Kier alpha value is -4.50. The zero-order chi connectivity index (χ0) is 25.5. The molecule has 0 aliphatic rings. The van der Waals surface area contributed by atoms with E-state index in [-0.39, 0.29) is 28.5 Å². The van der Waals surface area contributed by atoms with Crippen molar-refractivity contribution in [2.75, 3.05) is 18.5 Å². The molecule has 0 radical (unpaired) electrons. The quantitative estimate of drug-likeness (QED) is 0.246. The third-order valence-corrected chi connectivity index (χ3v) is 5.96. The third-order valence-electron chi connectivity index (χ3n) is 5.06. The summed E-state index contributed by atoms with van der Waals surface area (Å²) in [4.78, 5) is 49.9. The lowest BCUT2D eigenvalue weighted by Crippen LogP contribution is -2.21. The Bertz CT molecular complexity index is 1370. The summed E-state index contributed by atoms with van der Waals surface area (Å²) in [6, 6.07) is 18.1. The molecule has 0 spiro atoms. The summed E-state index contributed by atoms with van der Waals surface area (Å²) in [7, 11) is 0. The second kappa shape index (κ2) is 11.3. The maximum atomic E-state index is 12.5. The molecule has 182 valence electrons. The first-order valence-corrected chi connectivity index (χ1v) is 11.8. The molecule has 2 aromatic carbocycles. The Kier molecular flexibility index (Phi) is 7.72. The molecule has 0 bridgehead atoms. The molecule has 2 heterocycles. The highest BCUT2D eigenvalue weighted by atomic mass is 32.1. The van der Waals surface area contributed by atoms with Crippen LogP contribution in [0.5, 0.6) is 0 Å². The SMILES string of the molecule is CCOC(=O)c1c(-c2ccco2)csc1NC(=O)COC(=O)c1ccc(C(=O)c2ccccc2)cc1. The van der Waals surface area contributed by atoms with Crippen molar-refractivity contribution in [1.29, 1.82) is 0 Å². The van der Waals surface area contributed by atoms with Crippen LogP contribution in [0, 0.1) is 0 Å². The largest absolute Gasteiger partial charge is 0.464 e. The molecule has 9 heteroatoms. The Morgan fingerprint density at radius 1 is 0.833 bits per heavy atom. The summed E-state index contributed by atoms with van der Waals surface area (Å²) >= 11 is 1.12.